The molecule has 3 nitrogen and oxygen atoms in total. The van der Waals surface area contributed by atoms with Crippen molar-refractivity contribution in [1.82, 2.24) is 4.98 Å². The van der Waals surface area contributed by atoms with E-state index in [1.807, 2.05) is 24.8 Å². The summed E-state index contributed by atoms with van der Waals surface area (Å²) in [6.45, 7) is 6.57. The quantitative estimate of drug-likeness (QED) is 0.897. The number of nitrogens with zero attached hydrogens (tertiary/aromatic N) is 1. The molecular weight excluding hydrogens is 256 g/mol. The number of hydrogen-bond donors (Lipinski definition) is 1. The van der Waals surface area contributed by atoms with Crippen LogP contribution < -0.4 is 5.32 Å². The molecule has 0 bridgehead atoms. The molecule has 1 unspecified atom stereocenters. The first kappa shape index (κ1) is 12.9. The lowest BCUT2D eigenvalue weighted by molar-refractivity contribution is 0.358. The molecule has 0 saturated carbocycles. The number of aromatic nitrogens is 1. The maximum absolute atomic E-state index is 5.50. The molecule has 3 rings (SSSR count). The van der Waals surface area contributed by atoms with Gasteiger partial charge in [-0.1, -0.05) is 13.8 Å². The second-order valence-electron chi connectivity index (χ2n) is 6.14. The van der Waals surface area contributed by atoms with E-state index >= 15 is 0 Å². The van der Waals surface area contributed by atoms with Crippen molar-refractivity contribution in [3.63, 3.8) is 0 Å². The van der Waals surface area contributed by atoms with E-state index in [2.05, 4.69) is 36.3 Å². The van der Waals surface area contributed by atoms with Crippen molar-refractivity contribution in [2.45, 2.75) is 33.2 Å². The van der Waals surface area contributed by atoms with Gasteiger partial charge in [0.15, 0.2) is 11.5 Å². The zero-order chi connectivity index (χ0) is 13.5. The zero-order valence-corrected chi connectivity index (χ0v) is 12.5. The highest BCUT2D eigenvalue weighted by Gasteiger charge is 2.28. The molecule has 1 fully saturated rings. The number of hydrogen-bond acceptors (Lipinski definition) is 4. The lowest BCUT2D eigenvalue weighted by Crippen LogP contribution is -2.35. The van der Waals surface area contributed by atoms with E-state index in [9.17, 15) is 0 Å². The maximum Gasteiger partial charge on any atom is 0.192 e. The van der Waals surface area contributed by atoms with Crippen LogP contribution in [0.15, 0.2) is 22.6 Å². The number of aryl methyl sites for hydroxylation is 1. The molecule has 2 heterocycles. The van der Waals surface area contributed by atoms with E-state index in [1.165, 1.54) is 17.9 Å². The summed E-state index contributed by atoms with van der Waals surface area (Å²) in [7, 11) is 0. The van der Waals surface area contributed by atoms with Gasteiger partial charge in [-0.3, -0.25) is 0 Å². The van der Waals surface area contributed by atoms with Crippen LogP contribution in [0.5, 0.6) is 0 Å². The average molecular weight is 276 g/mol. The third kappa shape index (κ3) is 2.89. The molecule has 1 aromatic carbocycles. The highest BCUT2D eigenvalue weighted by Crippen LogP contribution is 2.35. The van der Waals surface area contributed by atoms with E-state index in [0.717, 1.165) is 22.7 Å². The molecule has 0 spiro atoms. The van der Waals surface area contributed by atoms with Crippen molar-refractivity contribution < 1.29 is 4.42 Å². The number of fused-ring (bicyclic) bond motifs is 1. The van der Waals surface area contributed by atoms with Crippen molar-refractivity contribution in [3.8, 4) is 0 Å². The van der Waals surface area contributed by atoms with Crippen molar-refractivity contribution >= 4 is 28.5 Å². The standard InChI is InChI=1S/C15H20N2OS/c1-10-16-13-6-11(4-5-14(13)18-10)17-12-7-15(2,3)9-19-8-12/h4-6,12,17H,7-9H2,1-3H3. The fourth-order valence-electron chi connectivity index (χ4n) is 2.72. The Bertz CT molecular complexity index is 591. The minimum absolute atomic E-state index is 0.426. The minimum atomic E-state index is 0.426. The van der Waals surface area contributed by atoms with Gasteiger partial charge >= 0.3 is 0 Å². The SMILES string of the molecule is Cc1nc2cc(NC3CSCC(C)(C)C3)ccc2o1. The van der Waals surface area contributed by atoms with E-state index in [0.29, 0.717) is 11.5 Å². The summed E-state index contributed by atoms with van der Waals surface area (Å²) >= 11 is 2.04. The van der Waals surface area contributed by atoms with Gasteiger partial charge < -0.3 is 9.73 Å². The van der Waals surface area contributed by atoms with Crippen molar-refractivity contribution in [2.24, 2.45) is 5.41 Å². The zero-order valence-electron chi connectivity index (χ0n) is 11.7. The maximum atomic E-state index is 5.50. The Hall–Kier alpha value is -1.16. The first-order valence-electron chi connectivity index (χ1n) is 6.73. The van der Waals surface area contributed by atoms with Crippen molar-refractivity contribution in [3.05, 3.63) is 24.1 Å². The van der Waals surface area contributed by atoms with E-state index in [1.54, 1.807) is 0 Å². The molecule has 2 aromatic rings. The van der Waals surface area contributed by atoms with E-state index in [4.69, 9.17) is 4.42 Å². The lowest BCUT2D eigenvalue weighted by Gasteiger charge is -2.35. The Morgan fingerprint density at radius 3 is 3.05 bits per heavy atom. The highest BCUT2D eigenvalue weighted by atomic mass is 32.2. The summed E-state index contributed by atoms with van der Waals surface area (Å²) in [5.74, 6) is 3.16. The number of rotatable bonds is 2. The van der Waals surface area contributed by atoms with Crippen LogP contribution in [0.25, 0.3) is 11.1 Å². The molecule has 0 amide bonds. The number of oxazole rings is 1. The monoisotopic (exact) mass is 276 g/mol. The van der Waals surface area contributed by atoms with Gasteiger partial charge in [-0.15, -0.1) is 0 Å². The predicted octanol–water partition coefficient (Wildman–Crippen LogP) is 4.08. The van der Waals surface area contributed by atoms with Crippen molar-refractivity contribution in [1.29, 1.82) is 0 Å². The molecular formula is C15H20N2OS. The molecule has 19 heavy (non-hydrogen) atoms. The highest BCUT2D eigenvalue weighted by molar-refractivity contribution is 7.99. The van der Waals surface area contributed by atoms with Crippen LogP contribution in [0.3, 0.4) is 0 Å². The van der Waals surface area contributed by atoms with Gasteiger partial charge in [0, 0.05) is 24.4 Å². The van der Waals surface area contributed by atoms with Crippen LogP contribution >= 0.6 is 11.8 Å². The van der Waals surface area contributed by atoms with Crippen LogP contribution in [0, 0.1) is 12.3 Å². The topological polar surface area (TPSA) is 38.1 Å². The van der Waals surface area contributed by atoms with Crippen LogP contribution in [-0.4, -0.2) is 22.5 Å². The van der Waals surface area contributed by atoms with Gasteiger partial charge in [0.05, 0.1) is 0 Å². The normalized spacial score (nSPS) is 22.6. The van der Waals surface area contributed by atoms with E-state index < -0.39 is 0 Å². The van der Waals surface area contributed by atoms with Crippen LogP contribution in [0.2, 0.25) is 0 Å². The van der Waals surface area contributed by atoms with Gasteiger partial charge in [0.1, 0.15) is 5.52 Å². The summed E-state index contributed by atoms with van der Waals surface area (Å²) in [5.41, 5.74) is 3.37. The van der Waals surface area contributed by atoms with Gasteiger partial charge in [0.2, 0.25) is 0 Å². The Labute approximate surface area is 118 Å². The molecule has 4 heteroatoms. The molecule has 1 aromatic heterocycles. The van der Waals surface area contributed by atoms with Crippen LogP contribution in [0.4, 0.5) is 5.69 Å². The lowest BCUT2D eigenvalue weighted by atomic mass is 9.88. The molecule has 1 N–H and O–H groups in total. The second-order valence-corrected chi connectivity index (χ2v) is 7.17. The fourth-order valence-corrected chi connectivity index (χ4v) is 4.00. The van der Waals surface area contributed by atoms with Crippen molar-refractivity contribution in [2.75, 3.05) is 16.8 Å². The Balaban J connectivity index is 1.77. The Kier molecular flexibility index (Phi) is 3.21. The second kappa shape index (κ2) is 4.75. The Morgan fingerprint density at radius 2 is 2.26 bits per heavy atom. The number of thioether (sulfide) groups is 1. The molecule has 1 aliphatic rings. The first-order chi connectivity index (χ1) is 9.02. The summed E-state index contributed by atoms with van der Waals surface area (Å²) < 4.78 is 5.50. The minimum Gasteiger partial charge on any atom is -0.441 e. The largest absolute Gasteiger partial charge is 0.441 e. The van der Waals surface area contributed by atoms with Gasteiger partial charge in [0.25, 0.3) is 0 Å². The first-order valence-corrected chi connectivity index (χ1v) is 7.89. The number of nitrogens with one attached hydrogen (secondary N) is 1. The van der Waals surface area contributed by atoms with Crippen LogP contribution in [0.1, 0.15) is 26.2 Å². The molecule has 0 radical (unpaired) electrons. The predicted molar refractivity (Wildman–Crippen MR) is 81.9 cm³/mol. The third-order valence-corrected chi connectivity index (χ3v) is 5.10. The van der Waals surface area contributed by atoms with Crippen LogP contribution in [-0.2, 0) is 0 Å². The molecule has 0 aliphatic carbocycles. The van der Waals surface area contributed by atoms with Gasteiger partial charge in [-0.05, 0) is 35.8 Å². The third-order valence-electron chi connectivity index (χ3n) is 3.48. The summed E-state index contributed by atoms with van der Waals surface area (Å²) in [6, 6.07) is 6.70. The Morgan fingerprint density at radius 1 is 1.42 bits per heavy atom. The number of benzene rings is 1. The summed E-state index contributed by atoms with van der Waals surface area (Å²) in [5, 5.41) is 3.64. The number of anilines is 1. The average Bonchev–Trinajstić information content (AvgIpc) is 2.67. The van der Waals surface area contributed by atoms with Gasteiger partial charge in [-0.2, -0.15) is 11.8 Å². The molecule has 1 saturated heterocycles. The van der Waals surface area contributed by atoms with Gasteiger partial charge in [-0.25, -0.2) is 4.98 Å². The molecule has 1 aliphatic heterocycles. The summed E-state index contributed by atoms with van der Waals surface area (Å²) in [6.07, 6.45) is 1.22. The van der Waals surface area contributed by atoms with E-state index in [-0.39, 0.29) is 0 Å². The molecule has 102 valence electrons. The fraction of sp³-hybridized carbons (Fsp3) is 0.533. The summed E-state index contributed by atoms with van der Waals surface area (Å²) in [4.78, 5) is 4.38. The molecule has 1 atom stereocenters. The smallest absolute Gasteiger partial charge is 0.192 e.